The Labute approximate surface area is 141 Å². The largest absolute Gasteiger partial charge is 0.361 e. The summed E-state index contributed by atoms with van der Waals surface area (Å²) in [4.78, 5) is 12.4. The minimum Gasteiger partial charge on any atom is -0.361 e. The molecule has 1 atom stereocenters. The van der Waals surface area contributed by atoms with Crippen molar-refractivity contribution in [3.05, 3.63) is 57.7 Å². The number of fused-ring (bicyclic) bond motifs is 2. The number of aromatic nitrogens is 2. The van der Waals surface area contributed by atoms with Crippen LogP contribution in [-0.4, -0.2) is 15.7 Å². The Hall–Kier alpha value is -2.34. The summed E-state index contributed by atoms with van der Waals surface area (Å²) in [6.45, 7) is 2.04. The number of nitrogens with one attached hydrogen (secondary N) is 2. The first kappa shape index (κ1) is 14.3. The van der Waals surface area contributed by atoms with E-state index in [2.05, 4.69) is 43.8 Å². The first-order valence-corrected chi connectivity index (χ1v) is 8.11. The van der Waals surface area contributed by atoms with Gasteiger partial charge in [-0.25, -0.2) is 0 Å². The van der Waals surface area contributed by atoms with Crippen LogP contribution in [0.3, 0.4) is 0 Å². The molecule has 1 aromatic heterocycles. The maximum atomic E-state index is 12.4. The van der Waals surface area contributed by atoms with E-state index in [9.17, 15) is 4.79 Å². The van der Waals surface area contributed by atoms with Crippen molar-refractivity contribution in [3.63, 3.8) is 0 Å². The number of anilines is 1. The van der Waals surface area contributed by atoms with Gasteiger partial charge in [0, 0.05) is 28.8 Å². The van der Waals surface area contributed by atoms with Crippen LogP contribution >= 0.6 is 15.9 Å². The highest BCUT2D eigenvalue weighted by molar-refractivity contribution is 9.10. The topological polar surface area (TPSA) is 59.0 Å². The first-order chi connectivity index (χ1) is 11.0. The van der Waals surface area contributed by atoms with Crippen LogP contribution in [0.4, 0.5) is 5.69 Å². The van der Waals surface area contributed by atoms with E-state index >= 15 is 0 Å². The van der Waals surface area contributed by atoms with E-state index in [1.54, 1.807) is 4.68 Å². The van der Waals surface area contributed by atoms with Crippen molar-refractivity contribution >= 4 is 38.4 Å². The molecule has 23 heavy (non-hydrogen) atoms. The Morgan fingerprint density at radius 1 is 1.22 bits per heavy atom. The average molecular weight is 371 g/mol. The number of aryl methyl sites for hydroxylation is 2. The monoisotopic (exact) mass is 370 g/mol. The van der Waals surface area contributed by atoms with Gasteiger partial charge in [0.05, 0.1) is 11.1 Å². The van der Waals surface area contributed by atoms with Crippen molar-refractivity contribution in [2.45, 2.75) is 13.1 Å². The Kier molecular flexibility index (Phi) is 3.16. The number of hydrogen-bond donors (Lipinski definition) is 2. The Bertz CT molecular complexity index is 947. The van der Waals surface area contributed by atoms with Crippen LogP contribution in [-0.2, 0) is 7.05 Å². The number of rotatable bonds is 1. The Morgan fingerprint density at radius 3 is 2.87 bits per heavy atom. The molecule has 0 saturated heterocycles. The van der Waals surface area contributed by atoms with Crippen LogP contribution < -0.4 is 10.6 Å². The van der Waals surface area contributed by atoms with Gasteiger partial charge in [-0.3, -0.25) is 9.48 Å². The van der Waals surface area contributed by atoms with Crippen molar-refractivity contribution in [2.75, 3.05) is 5.32 Å². The molecule has 4 rings (SSSR count). The van der Waals surface area contributed by atoms with Gasteiger partial charge in [-0.05, 0) is 48.4 Å². The number of benzene rings is 2. The van der Waals surface area contributed by atoms with E-state index < -0.39 is 0 Å². The fourth-order valence-electron chi connectivity index (χ4n) is 3.03. The quantitative estimate of drug-likeness (QED) is 0.689. The summed E-state index contributed by atoms with van der Waals surface area (Å²) in [6, 6.07) is 9.74. The lowest BCUT2D eigenvalue weighted by Gasteiger charge is -2.28. The van der Waals surface area contributed by atoms with Crippen molar-refractivity contribution in [3.8, 4) is 0 Å². The summed E-state index contributed by atoms with van der Waals surface area (Å²) in [6.07, 6.45) is 1.73. The van der Waals surface area contributed by atoms with E-state index in [0.717, 1.165) is 32.2 Å². The van der Waals surface area contributed by atoms with Gasteiger partial charge in [-0.1, -0.05) is 15.9 Å². The normalized spacial score (nSPS) is 16.8. The molecule has 0 bridgehead atoms. The van der Waals surface area contributed by atoms with Crippen molar-refractivity contribution in [2.24, 2.45) is 7.05 Å². The minimum atomic E-state index is -0.257. The number of halogens is 1. The summed E-state index contributed by atoms with van der Waals surface area (Å²) in [5, 5.41) is 11.9. The fraction of sp³-hybridized carbons (Fsp3) is 0.176. The Balaban J connectivity index is 1.78. The smallest absolute Gasteiger partial charge is 0.255 e. The zero-order valence-electron chi connectivity index (χ0n) is 12.7. The standard InChI is InChI=1S/C17H15BrN4O/c1-9-5-10(6-11-8-22(2)21-15(9)11)16-19-14-7-12(18)3-4-13(14)17(23)20-16/h3-8,16,19H,1-2H3,(H,20,23). The molecule has 0 saturated carbocycles. The lowest BCUT2D eigenvalue weighted by molar-refractivity contribution is 0.0935. The molecule has 0 aliphatic carbocycles. The third-order valence-electron chi connectivity index (χ3n) is 4.07. The molecule has 1 unspecified atom stereocenters. The number of carbonyl (C=O) groups excluding carboxylic acids is 1. The third kappa shape index (κ3) is 2.39. The van der Waals surface area contributed by atoms with Crippen LogP contribution in [0.2, 0.25) is 0 Å². The molecule has 1 amide bonds. The van der Waals surface area contributed by atoms with E-state index in [1.807, 2.05) is 38.4 Å². The van der Waals surface area contributed by atoms with E-state index in [-0.39, 0.29) is 12.1 Å². The zero-order valence-corrected chi connectivity index (χ0v) is 14.3. The van der Waals surface area contributed by atoms with E-state index in [1.165, 1.54) is 0 Å². The van der Waals surface area contributed by atoms with Crippen LogP contribution in [0.15, 0.2) is 41.0 Å². The number of carbonyl (C=O) groups is 1. The van der Waals surface area contributed by atoms with Gasteiger partial charge in [0.25, 0.3) is 5.91 Å². The highest BCUT2D eigenvalue weighted by Crippen LogP contribution is 2.31. The predicted octanol–water partition coefficient (Wildman–Crippen LogP) is 3.50. The maximum absolute atomic E-state index is 12.4. The molecule has 2 aromatic carbocycles. The lowest BCUT2D eigenvalue weighted by atomic mass is 10.0. The molecule has 2 N–H and O–H groups in total. The highest BCUT2D eigenvalue weighted by Gasteiger charge is 2.25. The predicted molar refractivity (Wildman–Crippen MR) is 93.4 cm³/mol. The molecule has 116 valence electrons. The van der Waals surface area contributed by atoms with Crippen LogP contribution in [0.5, 0.6) is 0 Å². The van der Waals surface area contributed by atoms with Crippen LogP contribution in [0, 0.1) is 6.92 Å². The summed E-state index contributed by atoms with van der Waals surface area (Å²) >= 11 is 3.45. The first-order valence-electron chi connectivity index (χ1n) is 7.32. The minimum absolute atomic E-state index is 0.0693. The molecule has 1 aliphatic heterocycles. The molecule has 0 radical (unpaired) electrons. The summed E-state index contributed by atoms with van der Waals surface area (Å²) in [7, 11) is 1.91. The molecule has 0 spiro atoms. The molecule has 1 aliphatic rings. The van der Waals surface area contributed by atoms with Gasteiger partial charge >= 0.3 is 0 Å². The zero-order chi connectivity index (χ0) is 16.1. The molecule has 3 aromatic rings. The van der Waals surface area contributed by atoms with Gasteiger partial charge < -0.3 is 10.6 Å². The summed E-state index contributed by atoms with van der Waals surface area (Å²) in [5.74, 6) is -0.0693. The number of amides is 1. The molecule has 6 heteroatoms. The number of hydrogen-bond acceptors (Lipinski definition) is 3. The average Bonchev–Trinajstić information content (AvgIpc) is 2.87. The second-order valence-corrected chi connectivity index (χ2v) is 6.73. The van der Waals surface area contributed by atoms with E-state index in [4.69, 9.17) is 0 Å². The van der Waals surface area contributed by atoms with Gasteiger partial charge in [0.15, 0.2) is 0 Å². The Morgan fingerprint density at radius 2 is 2.04 bits per heavy atom. The summed E-state index contributed by atoms with van der Waals surface area (Å²) < 4.78 is 2.75. The summed E-state index contributed by atoms with van der Waals surface area (Å²) in [5.41, 5.74) is 4.58. The van der Waals surface area contributed by atoms with Crippen LogP contribution in [0.1, 0.15) is 27.7 Å². The van der Waals surface area contributed by atoms with Gasteiger partial charge in [-0.15, -0.1) is 0 Å². The van der Waals surface area contributed by atoms with Crippen molar-refractivity contribution < 1.29 is 4.79 Å². The van der Waals surface area contributed by atoms with E-state index in [0.29, 0.717) is 5.56 Å². The molecule has 2 heterocycles. The SMILES string of the molecule is Cc1cc(C2NC(=O)c3ccc(Br)cc3N2)cc2cn(C)nc12. The lowest BCUT2D eigenvalue weighted by Crippen LogP contribution is -2.38. The van der Waals surface area contributed by atoms with Crippen molar-refractivity contribution in [1.82, 2.24) is 15.1 Å². The van der Waals surface area contributed by atoms with Gasteiger partial charge in [-0.2, -0.15) is 5.10 Å². The second kappa shape index (κ2) is 5.09. The van der Waals surface area contributed by atoms with Crippen LogP contribution in [0.25, 0.3) is 10.9 Å². The molecular formula is C17H15BrN4O. The molecule has 5 nitrogen and oxygen atoms in total. The maximum Gasteiger partial charge on any atom is 0.255 e. The fourth-order valence-corrected chi connectivity index (χ4v) is 3.39. The second-order valence-electron chi connectivity index (χ2n) is 5.82. The number of nitrogens with zero attached hydrogens (tertiary/aromatic N) is 2. The molecule has 0 fully saturated rings. The van der Waals surface area contributed by atoms with Gasteiger partial charge in [0.2, 0.25) is 0 Å². The van der Waals surface area contributed by atoms with Crippen molar-refractivity contribution in [1.29, 1.82) is 0 Å². The van der Waals surface area contributed by atoms with Gasteiger partial charge in [0.1, 0.15) is 6.17 Å². The molecular weight excluding hydrogens is 356 g/mol. The highest BCUT2D eigenvalue weighted by atomic mass is 79.9. The third-order valence-corrected chi connectivity index (χ3v) is 4.56.